The topological polar surface area (TPSA) is 53.2 Å². The third-order valence-electron chi connectivity index (χ3n) is 1.84. The van der Waals surface area contributed by atoms with E-state index < -0.39 is 0 Å². The van der Waals surface area contributed by atoms with E-state index in [1.54, 1.807) is 24.3 Å². The molecule has 0 amide bonds. The molecule has 0 spiro atoms. The summed E-state index contributed by atoms with van der Waals surface area (Å²) in [6.07, 6.45) is 1.25. The highest BCUT2D eigenvalue weighted by Gasteiger charge is 2.02. The average molecular weight is 191 g/mol. The molecular formula is C11H13NO2. The van der Waals surface area contributed by atoms with Gasteiger partial charge < -0.3 is 9.84 Å². The Bertz CT molecular complexity index is 313. The first-order valence-corrected chi connectivity index (χ1v) is 4.55. The smallest absolute Gasteiger partial charge is 0.119 e. The molecular weight excluding hydrogens is 178 g/mol. The minimum absolute atomic E-state index is 0.0270. The van der Waals surface area contributed by atoms with Crippen molar-refractivity contribution in [1.82, 2.24) is 0 Å². The van der Waals surface area contributed by atoms with Gasteiger partial charge >= 0.3 is 0 Å². The molecule has 1 aromatic carbocycles. The van der Waals surface area contributed by atoms with Crippen molar-refractivity contribution in [3.05, 3.63) is 24.3 Å². The third kappa shape index (κ3) is 3.36. The van der Waals surface area contributed by atoms with Gasteiger partial charge in [0.1, 0.15) is 11.5 Å². The fourth-order valence-corrected chi connectivity index (χ4v) is 1.08. The molecule has 0 fully saturated rings. The van der Waals surface area contributed by atoms with E-state index in [9.17, 15) is 0 Å². The van der Waals surface area contributed by atoms with Gasteiger partial charge in [0.25, 0.3) is 0 Å². The third-order valence-corrected chi connectivity index (χ3v) is 1.84. The van der Waals surface area contributed by atoms with Gasteiger partial charge in [0.2, 0.25) is 0 Å². The van der Waals surface area contributed by atoms with Crippen LogP contribution in [0, 0.1) is 11.3 Å². The molecule has 0 aliphatic rings. The van der Waals surface area contributed by atoms with Crippen LogP contribution in [0.25, 0.3) is 0 Å². The molecule has 0 aliphatic heterocycles. The first kappa shape index (κ1) is 10.4. The summed E-state index contributed by atoms with van der Waals surface area (Å²) >= 11 is 0. The van der Waals surface area contributed by atoms with Gasteiger partial charge in [0, 0.05) is 6.42 Å². The number of phenolic OH excluding ortho intramolecular Hbond substituents is 1. The fraction of sp³-hybridized carbons (Fsp3) is 0.364. The van der Waals surface area contributed by atoms with Crippen molar-refractivity contribution < 1.29 is 9.84 Å². The molecule has 1 aromatic rings. The molecule has 1 N–H and O–H groups in total. The lowest BCUT2D eigenvalue weighted by Crippen LogP contribution is -2.10. The van der Waals surface area contributed by atoms with Crippen LogP contribution in [0.1, 0.15) is 19.8 Å². The van der Waals surface area contributed by atoms with Crippen molar-refractivity contribution in [2.45, 2.75) is 25.9 Å². The molecule has 0 saturated carbocycles. The lowest BCUT2D eigenvalue weighted by atomic mass is 10.2. The second-order valence-electron chi connectivity index (χ2n) is 3.12. The molecule has 14 heavy (non-hydrogen) atoms. The van der Waals surface area contributed by atoms with Crippen LogP contribution in [0.5, 0.6) is 11.5 Å². The number of phenols is 1. The van der Waals surface area contributed by atoms with E-state index in [2.05, 4.69) is 6.07 Å². The van der Waals surface area contributed by atoms with Gasteiger partial charge in [-0.15, -0.1) is 0 Å². The van der Waals surface area contributed by atoms with Gasteiger partial charge in [-0.3, -0.25) is 0 Å². The summed E-state index contributed by atoms with van der Waals surface area (Å²) in [5, 5.41) is 17.4. The van der Waals surface area contributed by atoms with E-state index in [0.717, 1.165) is 6.42 Å². The SMILES string of the molecule is CC(CCC#N)Oc1ccc(O)cc1. The Kier molecular flexibility index (Phi) is 3.81. The molecule has 74 valence electrons. The molecule has 3 heteroatoms. The number of hydrogen-bond donors (Lipinski definition) is 1. The van der Waals surface area contributed by atoms with Crippen molar-refractivity contribution in [1.29, 1.82) is 5.26 Å². The second kappa shape index (κ2) is 5.13. The summed E-state index contributed by atoms with van der Waals surface area (Å²) in [6, 6.07) is 8.64. The lowest BCUT2D eigenvalue weighted by Gasteiger charge is -2.12. The van der Waals surface area contributed by atoms with E-state index >= 15 is 0 Å². The Morgan fingerprint density at radius 1 is 1.43 bits per heavy atom. The molecule has 0 heterocycles. The Labute approximate surface area is 83.6 Å². The summed E-state index contributed by atoms with van der Waals surface area (Å²) in [5.74, 6) is 0.940. The zero-order valence-corrected chi connectivity index (χ0v) is 8.10. The number of benzene rings is 1. The molecule has 1 unspecified atom stereocenters. The number of hydrogen-bond acceptors (Lipinski definition) is 3. The maximum Gasteiger partial charge on any atom is 0.119 e. The Morgan fingerprint density at radius 3 is 2.64 bits per heavy atom. The minimum Gasteiger partial charge on any atom is -0.508 e. The van der Waals surface area contributed by atoms with Crippen molar-refractivity contribution in [2.24, 2.45) is 0 Å². The molecule has 0 aromatic heterocycles. The summed E-state index contributed by atoms with van der Waals surface area (Å²) in [6.45, 7) is 1.92. The van der Waals surface area contributed by atoms with Crippen LogP contribution < -0.4 is 4.74 Å². The van der Waals surface area contributed by atoms with Gasteiger partial charge in [0.15, 0.2) is 0 Å². The quantitative estimate of drug-likeness (QED) is 0.795. The molecule has 0 radical (unpaired) electrons. The summed E-state index contributed by atoms with van der Waals surface area (Å²) in [7, 11) is 0. The maximum atomic E-state index is 9.03. The largest absolute Gasteiger partial charge is 0.508 e. The van der Waals surface area contributed by atoms with Crippen LogP contribution in [0.3, 0.4) is 0 Å². The number of ether oxygens (including phenoxy) is 1. The normalized spacial score (nSPS) is 11.7. The van der Waals surface area contributed by atoms with E-state index in [4.69, 9.17) is 15.1 Å². The maximum absolute atomic E-state index is 9.03. The van der Waals surface area contributed by atoms with Gasteiger partial charge in [-0.1, -0.05) is 0 Å². The van der Waals surface area contributed by atoms with E-state index in [0.29, 0.717) is 12.2 Å². The molecule has 0 bridgehead atoms. The predicted molar refractivity (Wildman–Crippen MR) is 53.0 cm³/mol. The molecule has 3 nitrogen and oxygen atoms in total. The van der Waals surface area contributed by atoms with Crippen LogP contribution in [-0.4, -0.2) is 11.2 Å². The van der Waals surface area contributed by atoms with Crippen molar-refractivity contribution in [2.75, 3.05) is 0 Å². The predicted octanol–water partition coefficient (Wildman–Crippen LogP) is 2.46. The van der Waals surface area contributed by atoms with Crippen molar-refractivity contribution in [3.8, 4) is 17.6 Å². The van der Waals surface area contributed by atoms with E-state index in [1.165, 1.54) is 0 Å². The van der Waals surface area contributed by atoms with Crippen LogP contribution in [0.4, 0.5) is 0 Å². The van der Waals surface area contributed by atoms with Crippen LogP contribution in [-0.2, 0) is 0 Å². The van der Waals surface area contributed by atoms with Crippen LogP contribution >= 0.6 is 0 Å². The van der Waals surface area contributed by atoms with Gasteiger partial charge in [0.05, 0.1) is 12.2 Å². The Balaban J connectivity index is 2.44. The Morgan fingerprint density at radius 2 is 2.07 bits per heavy atom. The van der Waals surface area contributed by atoms with Crippen molar-refractivity contribution >= 4 is 0 Å². The molecule has 1 atom stereocenters. The number of rotatable bonds is 4. The monoisotopic (exact) mass is 191 g/mol. The molecule has 0 saturated heterocycles. The Hall–Kier alpha value is -1.69. The zero-order chi connectivity index (χ0) is 10.4. The summed E-state index contributed by atoms with van der Waals surface area (Å²) in [5.41, 5.74) is 0. The highest BCUT2D eigenvalue weighted by atomic mass is 16.5. The fourth-order valence-electron chi connectivity index (χ4n) is 1.08. The number of nitriles is 1. The van der Waals surface area contributed by atoms with Crippen molar-refractivity contribution in [3.63, 3.8) is 0 Å². The minimum atomic E-state index is 0.0270. The average Bonchev–Trinajstić information content (AvgIpc) is 2.18. The number of nitrogens with zero attached hydrogens (tertiary/aromatic N) is 1. The highest BCUT2D eigenvalue weighted by Crippen LogP contribution is 2.18. The first-order chi connectivity index (χ1) is 6.72. The van der Waals surface area contributed by atoms with Gasteiger partial charge in [-0.2, -0.15) is 5.26 Å². The summed E-state index contributed by atoms with van der Waals surface area (Å²) in [4.78, 5) is 0. The zero-order valence-electron chi connectivity index (χ0n) is 8.10. The lowest BCUT2D eigenvalue weighted by molar-refractivity contribution is 0.212. The van der Waals surface area contributed by atoms with Gasteiger partial charge in [-0.05, 0) is 37.6 Å². The number of aromatic hydroxyl groups is 1. The first-order valence-electron chi connectivity index (χ1n) is 4.55. The standard InChI is InChI=1S/C11H13NO2/c1-9(3-2-8-12)14-11-6-4-10(13)5-7-11/h4-7,9,13H,2-3H2,1H3. The molecule has 0 aliphatic carbocycles. The highest BCUT2D eigenvalue weighted by molar-refractivity contribution is 5.30. The molecule has 1 rings (SSSR count). The van der Waals surface area contributed by atoms with E-state index in [1.807, 2.05) is 6.92 Å². The second-order valence-corrected chi connectivity index (χ2v) is 3.12. The summed E-state index contributed by atoms with van der Waals surface area (Å²) < 4.78 is 5.51. The van der Waals surface area contributed by atoms with E-state index in [-0.39, 0.29) is 11.9 Å². The van der Waals surface area contributed by atoms with Crippen LogP contribution in [0.15, 0.2) is 24.3 Å². The van der Waals surface area contributed by atoms with Gasteiger partial charge in [-0.25, -0.2) is 0 Å². The van der Waals surface area contributed by atoms with Crippen LogP contribution in [0.2, 0.25) is 0 Å².